The maximum Gasteiger partial charge on any atom is 0.309 e. The fourth-order valence-corrected chi connectivity index (χ4v) is 2.03. The van der Waals surface area contributed by atoms with Crippen LogP contribution in [-0.2, 0) is 20.0 Å². The number of para-hydroxylation sites is 1. The minimum Gasteiger partial charge on any atom is -0.469 e. The number of carbonyl (C=O) groups excluding carboxylic acids is 2. The molecule has 2 rings (SSSR count). The summed E-state index contributed by atoms with van der Waals surface area (Å²) >= 11 is 0. The molecule has 90 valence electrons. The van der Waals surface area contributed by atoms with Crippen LogP contribution in [-0.4, -0.2) is 26.0 Å². The van der Waals surface area contributed by atoms with Gasteiger partial charge in [-0.3, -0.25) is 9.59 Å². The van der Waals surface area contributed by atoms with Gasteiger partial charge in [0.25, 0.3) is 5.91 Å². The molecule has 0 fully saturated rings. The van der Waals surface area contributed by atoms with Crippen molar-refractivity contribution in [2.24, 2.45) is 0 Å². The standard InChI is InChI=1S/C12H12FNO3/c1-14-9-6-4-3-5-8(9)12(13,11(14)16)7-10(15)17-2/h3-6H,7H2,1-2H3/t12-/m0/s1. The summed E-state index contributed by atoms with van der Waals surface area (Å²) in [5.41, 5.74) is -1.60. The average molecular weight is 237 g/mol. The van der Waals surface area contributed by atoms with Crippen molar-refractivity contribution in [2.75, 3.05) is 19.1 Å². The number of methoxy groups -OCH3 is 1. The number of nitrogens with zero attached hydrogens (tertiary/aromatic N) is 1. The Bertz CT molecular complexity index is 488. The van der Waals surface area contributed by atoms with Gasteiger partial charge in [0.1, 0.15) is 0 Å². The van der Waals surface area contributed by atoms with Crippen molar-refractivity contribution < 1.29 is 18.7 Å². The summed E-state index contributed by atoms with van der Waals surface area (Å²) in [6.07, 6.45) is -0.594. The number of likely N-dealkylation sites (N-methyl/N-ethyl adjacent to an activating group) is 1. The van der Waals surface area contributed by atoms with E-state index in [0.29, 0.717) is 5.69 Å². The lowest BCUT2D eigenvalue weighted by Crippen LogP contribution is -2.37. The molecule has 1 heterocycles. The summed E-state index contributed by atoms with van der Waals surface area (Å²) in [5.74, 6) is -1.48. The van der Waals surface area contributed by atoms with Crippen LogP contribution in [0.1, 0.15) is 12.0 Å². The molecule has 5 heteroatoms. The third kappa shape index (κ3) is 1.58. The molecule has 1 aromatic rings. The van der Waals surface area contributed by atoms with Crippen LogP contribution >= 0.6 is 0 Å². The first-order chi connectivity index (χ1) is 8.00. The molecule has 0 spiro atoms. The summed E-state index contributed by atoms with van der Waals surface area (Å²) in [5, 5.41) is 0. The van der Waals surface area contributed by atoms with Gasteiger partial charge in [0.15, 0.2) is 0 Å². The van der Waals surface area contributed by atoms with Gasteiger partial charge < -0.3 is 9.64 Å². The van der Waals surface area contributed by atoms with Crippen molar-refractivity contribution in [1.82, 2.24) is 0 Å². The average Bonchev–Trinajstić information content (AvgIpc) is 2.53. The molecule has 0 saturated carbocycles. The Kier molecular flexibility index (Phi) is 2.61. The predicted octanol–water partition coefficient (Wildman–Crippen LogP) is 1.39. The number of halogens is 1. The fraction of sp³-hybridized carbons (Fsp3) is 0.333. The Labute approximate surface area is 98.0 Å². The van der Waals surface area contributed by atoms with Crippen molar-refractivity contribution in [3.63, 3.8) is 0 Å². The highest BCUT2D eigenvalue weighted by Gasteiger charge is 2.52. The van der Waals surface area contributed by atoms with Crippen LogP contribution in [0.3, 0.4) is 0 Å². The smallest absolute Gasteiger partial charge is 0.309 e. The Morgan fingerprint density at radius 2 is 2.12 bits per heavy atom. The van der Waals surface area contributed by atoms with E-state index in [1.807, 2.05) is 0 Å². The molecule has 1 aliphatic heterocycles. The normalized spacial score (nSPS) is 22.5. The monoisotopic (exact) mass is 237 g/mol. The van der Waals surface area contributed by atoms with Gasteiger partial charge in [-0.25, -0.2) is 4.39 Å². The van der Waals surface area contributed by atoms with Crippen LogP contribution in [0.25, 0.3) is 0 Å². The van der Waals surface area contributed by atoms with Crippen LogP contribution in [0.15, 0.2) is 24.3 Å². The second kappa shape index (κ2) is 3.84. The number of fused-ring (bicyclic) bond motifs is 1. The van der Waals surface area contributed by atoms with Gasteiger partial charge in [0.05, 0.1) is 19.2 Å². The van der Waals surface area contributed by atoms with E-state index in [2.05, 4.69) is 4.74 Å². The second-order valence-corrected chi connectivity index (χ2v) is 3.94. The summed E-state index contributed by atoms with van der Waals surface area (Å²) < 4.78 is 19.1. The minimum absolute atomic E-state index is 0.220. The van der Waals surface area contributed by atoms with E-state index in [1.54, 1.807) is 18.2 Å². The van der Waals surface area contributed by atoms with E-state index < -0.39 is 24.0 Å². The van der Waals surface area contributed by atoms with Gasteiger partial charge in [0.2, 0.25) is 5.67 Å². The van der Waals surface area contributed by atoms with Gasteiger partial charge in [-0.2, -0.15) is 0 Å². The topological polar surface area (TPSA) is 46.6 Å². The highest BCUT2D eigenvalue weighted by molar-refractivity contribution is 6.08. The van der Waals surface area contributed by atoms with Crippen molar-refractivity contribution in [3.8, 4) is 0 Å². The molecule has 1 aliphatic rings. The van der Waals surface area contributed by atoms with Crippen LogP contribution in [0, 0.1) is 0 Å². The third-order valence-electron chi connectivity index (χ3n) is 2.95. The quantitative estimate of drug-likeness (QED) is 0.730. The summed E-state index contributed by atoms with van der Waals surface area (Å²) in [4.78, 5) is 24.3. The molecule has 17 heavy (non-hydrogen) atoms. The number of alkyl halides is 1. The van der Waals surface area contributed by atoms with Gasteiger partial charge in [-0.1, -0.05) is 18.2 Å². The van der Waals surface area contributed by atoms with Gasteiger partial charge in [-0.05, 0) is 6.07 Å². The van der Waals surface area contributed by atoms with E-state index in [4.69, 9.17) is 0 Å². The summed E-state index contributed by atoms with van der Waals surface area (Å²) in [6.45, 7) is 0. The first-order valence-electron chi connectivity index (χ1n) is 5.14. The zero-order chi connectivity index (χ0) is 12.6. The minimum atomic E-state index is -2.31. The molecular weight excluding hydrogens is 225 g/mol. The third-order valence-corrected chi connectivity index (χ3v) is 2.95. The summed E-state index contributed by atoms with van der Waals surface area (Å²) in [7, 11) is 2.65. The summed E-state index contributed by atoms with van der Waals surface area (Å²) in [6, 6.07) is 6.51. The Morgan fingerprint density at radius 3 is 2.76 bits per heavy atom. The molecular formula is C12H12FNO3. The first-order valence-corrected chi connectivity index (χ1v) is 5.14. The van der Waals surface area contributed by atoms with E-state index in [1.165, 1.54) is 25.1 Å². The number of rotatable bonds is 2. The molecule has 0 N–H and O–H groups in total. The maximum absolute atomic E-state index is 14.7. The van der Waals surface area contributed by atoms with Crippen LogP contribution in [0.2, 0.25) is 0 Å². The maximum atomic E-state index is 14.7. The van der Waals surface area contributed by atoms with Crippen LogP contribution in [0.5, 0.6) is 0 Å². The Balaban J connectivity index is 2.48. The molecule has 1 amide bonds. The zero-order valence-corrected chi connectivity index (χ0v) is 9.57. The number of esters is 1. The van der Waals surface area contributed by atoms with E-state index >= 15 is 0 Å². The second-order valence-electron chi connectivity index (χ2n) is 3.94. The Morgan fingerprint density at radius 1 is 1.47 bits per heavy atom. The predicted molar refractivity (Wildman–Crippen MR) is 59.3 cm³/mol. The number of benzene rings is 1. The lowest BCUT2D eigenvalue weighted by atomic mass is 9.94. The molecule has 1 aromatic carbocycles. The molecule has 0 aromatic heterocycles. The zero-order valence-electron chi connectivity index (χ0n) is 9.57. The largest absolute Gasteiger partial charge is 0.469 e. The van der Waals surface area contributed by atoms with Crippen molar-refractivity contribution >= 4 is 17.6 Å². The first kappa shape index (κ1) is 11.6. The highest BCUT2D eigenvalue weighted by Crippen LogP contribution is 2.44. The van der Waals surface area contributed by atoms with Crippen LogP contribution in [0.4, 0.5) is 10.1 Å². The van der Waals surface area contributed by atoms with E-state index in [9.17, 15) is 14.0 Å². The molecule has 0 bridgehead atoms. The lowest BCUT2D eigenvalue weighted by molar-refractivity contribution is -0.148. The molecule has 1 atom stereocenters. The van der Waals surface area contributed by atoms with Gasteiger partial charge >= 0.3 is 5.97 Å². The highest BCUT2D eigenvalue weighted by atomic mass is 19.1. The number of hydrogen-bond donors (Lipinski definition) is 0. The van der Waals surface area contributed by atoms with Crippen molar-refractivity contribution in [2.45, 2.75) is 12.1 Å². The number of carbonyl (C=O) groups is 2. The number of ether oxygens (including phenoxy) is 1. The number of anilines is 1. The SMILES string of the molecule is COC(=O)C[C@@]1(F)C(=O)N(C)c2ccccc21. The van der Waals surface area contributed by atoms with Gasteiger partial charge in [0, 0.05) is 12.6 Å². The lowest BCUT2D eigenvalue weighted by Gasteiger charge is -2.17. The number of amides is 1. The van der Waals surface area contributed by atoms with Crippen molar-refractivity contribution in [1.29, 1.82) is 0 Å². The fourth-order valence-electron chi connectivity index (χ4n) is 2.03. The molecule has 4 nitrogen and oxygen atoms in total. The molecule has 0 saturated heterocycles. The Hall–Kier alpha value is -1.91. The van der Waals surface area contributed by atoms with Crippen molar-refractivity contribution in [3.05, 3.63) is 29.8 Å². The van der Waals surface area contributed by atoms with Crippen LogP contribution < -0.4 is 4.90 Å². The number of hydrogen-bond acceptors (Lipinski definition) is 3. The molecule has 0 aliphatic carbocycles. The van der Waals surface area contributed by atoms with Gasteiger partial charge in [-0.15, -0.1) is 0 Å². The van der Waals surface area contributed by atoms with E-state index in [-0.39, 0.29) is 5.56 Å². The van der Waals surface area contributed by atoms with E-state index in [0.717, 1.165) is 0 Å². The molecule has 0 radical (unpaired) electrons. The molecule has 0 unspecified atom stereocenters.